The van der Waals surface area contributed by atoms with Crippen molar-refractivity contribution in [2.75, 3.05) is 0 Å². The average Bonchev–Trinajstić information content (AvgIpc) is 3.07. The van der Waals surface area contributed by atoms with Gasteiger partial charge in [0.1, 0.15) is 0 Å². The SMILES string of the molecule is CCCCCCCCCCCCC1(C2CCCCCC2)C=CC=CC=N1. The monoisotopic (exact) mass is 357 g/mol. The van der Waals surface area contributed by atoms with Gasteiger partial charge in [-0.15, -0.1) is 0 Å². The van der Waals surface area contributed by atoms with Crippen LogP contribution in [0.1, 0.15) is 116 Å². The number of allylic oxidation sites excluding steroid dienone is 3. The van der Waals surface area contributed by atoms with Crippen LogP contribution in [0.25, 0.3) is 0 Å². The van der Waals surface area contributed by atoms with Crippen LogP contribution in [0.15, 0.2) is 29.3 Å². The van der Waals surface area contributed by atoms with Crippen LogP contribution in [-0.2, 0) is 0 Å². The van der Waals surface area contributed by atoms with Gasteiger partial charge >= 0.3 is 0 Å². The van der Waals surface area contributed by atoms with Crippen LogP contribution in [0.3, 0.4) is 0 Å². The molecule has 1 heterocycles. The number of hydrogen-bond acceptors (Lipinski definition) is 1. The number of unbranched alkanes of at least 4 members (excludes halogenated alkanes) is 9. The van der Waals surface area contributed by atoms with E-state index in [0.717, 1.165) is 5.92 Å². The van der Waals surface area contributed by atoms with Crippen molar-refractivity contribution in [1.82, 2.24) is 0 Å². The molecule has 0 saturated heterocycles. The van der Waals surface area contributed by atoms with Gasteiger partial charge in [-0.3, -0.25) is 4.99 Å². The average molecular weight is 358 g/mol. The van der Waals surface area contributed by atoms with E-state index in [1.165, 1.54) is 109 Å². The van der Waals surface area contributed by atoms with E-state index in [0.29, 0.717) is 0 Å². The Morgan fingerprint density at radius 2 is 1.35 bits per heavy atom. The van der Waals surface area contributed by atoms with Crippen LogP contribution in [0.4, 0.5) is 0 Å². The predicted octanol–water partition coefficient (Wildman–Crippen LogP) is 8.20. The van der Waals surface area contributed by atoms with Crippen molar-refractivity contribution < 1.29 is 0 Å². The van der Waals surface area contributed by atoms with Gasteiger partial charge in [0.25, 0.3) is 0 Å². The van der Waals surface area contributed by atoms with Crippen LogP contribution in [0, 0.1) is 5.92 Å². The van der Waals surface area contributed by atoms with Crippen molar-refractivity contribution in [3.63, 3.8) is 0 Å². The van der Waals surface area contributed by atoms with Gasteiger partial charge in [-0.1, -0.05) is 115 Å². The highest BCUT2D eigenvalue weighted by molar-refractivity contribution is 5.73. The Balaban J connectivity index is 1.70. The Bertz CT molecular complexity index is 407. The van der Waals surface area contributed by atoms with Crippen LogP contribution in [-0.4, -0.2) is 11.8 Å². The normalized spacial score (nSPS) is 23.9. The molecule has 1 atom stereocenters. The standard InChI is InChI=1S/C25H43N/c1-2-3-4-5-6-7-8-9-12-16-21-25(22-17-13-18-23-26-25)24-19-14-10-11-15-20-24/h13,17-18,22-24H,2-12,14-16,19-21H2,1H3. The first kappa shape index (κ1) is 21.5. The second-order valence-corrected chi connectivity index (χ2v) is 8.63. The third kappa shape index (κ3) is 7.80. The fourth-order valence-electron chi connectivity index (χ4n) is 4.83. The van der Waals surface area contributed by atoms with Crippen molar-refractivity contribution in [2.24, 2.45) is 10.9 Å². The van der Waals surface area contributed by atoms with E-state index < -0.39 is 0 Å². The summed E-state index contributed by atoms with van der Waals surface area (Å²) in [6.45, 7) is 2.30. The van der Waals surface area contributed by atoms with Gasteiger partial charge in [0, 0.05) is 6.21 Å². The number of nitrogens with zero attached hydrogens (tertiary/aromatic N) is 1. The molecule has 1 heteroatoms. The maximum Gasteiger partial charge on any atom is 0.0818 e. The molecule has 148 valence electrons. The quantitative estimate of drug-likeness (QED) is 0.246. The van der Waals surface area contributed by atoms with Crippen LogP contribution in [0.5, 0.6) is 0 Å². The van der Waals surface area contributed by atoms with Crippen molar-refractivity contribution in [3.8, 4) is 0 Å². The van der Waals surface area contributed by atoms with Gasteiger partial charge in [-0.2, -0.15) is 0 Å². The van der Waals surface area contributed by atoms with Gasteiger partial charge in [-0.05, 0) is 31.3 Å². The molecule has 2 rings (SSSR count). The van der Waals surface area contributed by atoms with Gasteiger partial charge in [0.2, 0.25) is 0 Å². The molecule has 0 aromatic carbocycles. The summed E-state index contributed by atoms with van der Waals surface area (Å²) in [6, 6.07) is 0. The molecule has 1 unspecified atom stereocenters. The lowest BCUT2D eigenvalue weighted by molar-refractivity contribution is 0.277. The minimum absolute atomic E-state index is 0.0913. The van der Waals surface area contributed by atoms with E-state index in [4.69, 9.17) is 4.99 Å². The molecule has 2 aliphatic rings. The van der Waals surface area contributed by atoms with E-state index in [1.54, 1.807) is 0 Å². The minimum Gasteiger partial charge on any atom is -0.282 e. The zero-order valence-corrected chi connectivity index (χ0v) is 17.4. The fourth-order valence-corrected chi connectivity index (χ4v) is 4.83. The Kier molecular flexibility index (Phi) is 11.0. The molecule has 0 N–H and O–H groups in total. The first-order valence-corrected chi connectivity index (χ1v) is 11.8. The van der Waals surface area contributed by atoms with Crippen molar-refractivity contribution in [1.29, 1.82) is 0 Å². The summed E-state index contributed by atoms with van der Waals surface area (Å²) in [5, 5.41) is 0. The molecule has 1 saturated carbocycles. The number of rotatable bonds is 12. The molecule has 0 bridgehead atoms. The summed E-state index contributed by atoms with van der Waals surface area (Å²) in [5.41, 5.74) is 0.0913. The summed E-state index contributed by atoms with van der Waals surface area (Å²) >= 11 is 0. The summed E-state index contributed by atoms with van der Waals surface area (Å²) in [6.07, 6.45) is 34.8. The summed E-state index contributed by atoms with van der Waals surface area (Å²) in [7, 11) is 0. The van der Waals surface area contributed by atoms with Crippen molar-refractivity contribution in [3.05, 3.63) is 24.3 Å². The van der Waals surface area contributed by atoms with Gasteiger partial charge < -0.3 is 0 Å². The van der Waals surface area contributed by atoms with E-state index in [-0.39, 0.29) is 5.54 Å². The molecule has 0 spiro atoms. The molecule has 0 aromatic rings. The topological polar surface area (TPSA) is 12.4 Å². The molecule has 0 amide bonds. The second-order valence-electron chi connectivity index (χ2n) is 8.63. The third-order valence-electron chi connectivity index (χ3n) is 6.50. The molecule has 26 heavy (non-hydrogen) atoms. The lowest BCUT2D eigenvalue weighted by Gasteiger charge is -2.35. The Hall–Kier alpha value is -0.850. The first-order valence-electron chi connectivity index (χ1n) is 11.8. The number of hydrogen-bond donors (Lipinski definition) is 0. The zero-order valence-electron chi connectivity index (χ0n) is 17.4. The van der Waals surface area contributed by atoms with E-state index in [1.807, 2.05) is 0 Å². The summed E-state index contributed by atoms with van der Waals surface area (Å²) < 4.78 is 0. The summed E-state index contributed by atoms with van der Waals surface area (Å²) in [5.74, 6) is 0.760. The Labute approximate surface area is 163 Å². The molecule has 1 nitrogen and oxygen atoms in total. The van der Waals surface area contributed by atoms with Crippen LogP contribution in [0.2, 0.25) is 0 Å². The van der Waals surface area contributed by atoms with Crippen molar-refractivity contribution in [2.45, 2.75) is 122 Å². The largest absolute Gasteiger partial charge is 0.282 e. The van der Waals surface area contributed by atoms with Crippen LogP contribution >= 0.6 is 0 Å². The zero-order chi connectivity index (χ0) is 18.3. The van der Waals surface area contributed by atoms with Crippen LogP contribution < -0.4 is 0 Å². The molecular formula is C25H43N. The molecular weight excluding hydrogens is 314 g/mol. The Morgan fingerprint density at radius 1 is 0.731 bits per heavy atom. The molecule has 1 fully saturated rings. The first-order chi connectivity index (χ1) is 12.9. The molecule has 0 aromatic heterocycles. The van der Waals surface area contributed by atoms with E-state index >= 15 is 0 Å². The third-order valence-corrected chi connectivity index (χ3v) is 6.50. The molecule has 1 aliphatic heterocycles. The lowest BCUT2D eigenvalue weighted by Crippen LogP contribution is -2.34. The smallest absolute Gasteiger partial charge is 0.0818 e. The fraction of sp³-hybridized carbons (Fsp3) is 0.800. The van der Waals surface area contributed by atoms with Gasteiger partial charge in [-0.25, -0.2) is 0 Å². The molecule has 1 aliphatic carbocycles. The maximum atomic E-state index is 5.10. The minimum atomic E-state index is 0.0913. The lowest BCUT2D eigenvalue weighted by atomic mass is 9.75. The highest BCUT2D eigenvalue weighted by atomic mass is 14.9. The molecule has 0 radical (unpaired) electrons. The van der Waals surface area contributed by atoms with E-state index in [9.17, 15) is 0 Å². The highest BCUT2D eigenvalue weighted by Crippen LogP contribution is 2.39. The predicted molar refractivity (Wildman–Crippen MR) is 117 cm³/mol. The summed E-state index contributed by atoms with van der Waals surface area (Å²) in [4.78, 5) is 5.10. The second kappa shape index (κ2) is 13.3. The number of aliphatic imine (C=N–C) groups is 1. The van der Waals surface area contributed by atoms with Crippen molar-refractivity contribution >= 4 is 6.21 Å². The Morgan fingerprint density at radius 3 is 2.00 bits per heavy atom. The van der Waals surface area contributed by atoms with Gasteiger partial charge in [0.15, 0.2) is 0 Å². The maximum absolute atomic E-state index is 5.10. The highest BCUT2D eigenvalue weighted by Gasteiger charge is 2.35. The van der Waals surface area contributed by atoms with E-state index in [2.05, 4.69) is 37.4 Å². The van der Waals surface area contributed by atoms with Gasteiger partial charge in [0.05, 0.1) is 5.54 Å².